The Labute approximate surface area is 82.3 Å². The second-order valence-electron chi connectivity index (χ2n) is 3.66. The third kappa shape index (κ3) is 3.10. The molecule has 0 saturated carbocycles. The van der Waals surface area contributed by atoms with Crippen molar-refractivity contribution < 1.29 is 20.1 Å². The molecule has 80 valence electrons. The predicted octanol–water partition coefficient (Wildman–Crippen LogP) is -0.945. The van der Waals surface area contributed by atoms with Crippen LogP contribution in [0.5, 0.6) is 0 Å². The SMILES string of the molecule is C/C(=C\C(=O)O)CN1CC(O)C(O)C1. The van der Waals surface area contributed by atoms with Gasteiger partial charge >= 0.3 is 5.97 Å². The molecule has 1 aliphatic heterocycles. The van der Waals surface area contributed by atoms with Crippen LogP contribution in [-0.4, -0.2) is 58.0 Å². The van der Waals surface area contributed by atoms with Crippen LogP contribution in [0.25, 0.3) is 0 Å². The monoisotopic (exact) mass is 201 g/mol. The number of aliphatic hydroxyl groups excluding tert-OH is 2. The quantitative estimate of drug-likeness (QED) is 0.513. The summed E-state index contributed by atoms with van der Waals surface area (Å²) < 4.78 is 0. The van der Waals surface area contributed by atoms with Crippen molar-refractivity contribution in [1.29, 1.82) is 0 Å². The topological polar surface area (TPSA) is 81.0 Å². The van der Waals surface area contributed by atoms with Crippen LogP contribution in [0.15, 0.2) is 11.6 Å². The second kappa shape index (κ2) is 4.54. The highest BCUT2D eigenvalue weighted by Gasteiger charge is 2.29. The molecule has 1 aliphatic rings. The summed E-state index contributed by atoms with van der Waals surface area (Å²) in [5, 5.41) is 26.9. The van der Waals surface area contributed by atoms with E-state index in [1.54, 1.807) is 6.92 Å². The van der Waals surface area contributed by atoms with E-state index in [1.165, 1.54) is 0 Å². The summed E-state index contributed by atoms with van der Waals surface area (Å²) in [4.78, 5) is 12.1. The number of nitrogens with zero attached hydrogens (tertiary/aromatic N) is 1. The third-order valence-electron chi connectivity index (χ3n) is 2.18. The Morgan fingerprint density at radius 1 is 1.43 bits per heavy atom. The fourth-order valence-electron chi connectivity index (χ4n) is 1.59. The van der Waals surface area contributed by atoms with Gasteiger partial charge in [0.15, 0.2) is 0 Å². The predicted molar refractivity (Wildman–Crippen MR) is 49.8 cm³/mol. The van der Waals surface area contributed by atoms with Crippen LogP contribution in [0, 0.1) is 0 Å². The molecule has 2 atom stereocenters. The normalized spacial score (nSPS) is 29.5. The zero-order valence-corrected chi connectivity index (χ0v) is 8.05. The molecule has 0 spiro atoms. The molecule has 0 aromatic heterocycles. The lowest BCUT2D eigenvalue weighted by molar-refractivity contribution is -0.131. The number of likely N-dealkylation sites (tertiary alicyclic amines) is 1. The van der Waals surface area contributed by atoms with E-state index in [2.05, 4.69) is 0 Å². The van der Waals surface area contributed by atoms with Crippen molar-refractivity contribution in [2.75, 3.05) is 19.6 Å². The van der Waals surface area contributed by atoms with Crippen LogP contribution in [0.4, 0.5) is 0 Å². The molecule has 1 heterocycles. The van der Waals surface area contributed by atoms with Gasteiger partial charge in [0.2, 0.25) is 0 Å². The first-order chi connectivity index (χ1) is 6.49. The molecule has 1 rings (SSSR count). The van der Waals surface area contributed by atoms with Crippen LogP contribution in [0.2, 0.25) is 0 Å². The Balaban J connectivity index is 2.43. The van der Waals surface area contributed by atoms with Crippen LogP contribution >= 0.6 is 0 Å². The lowest BCUT2D eigenvalue weighted by atomic mass is 10.2. The van der Waals surface area contributed by atoms with Crippen molar-refractivity contribution in [3.63, 3.8) is 0 Å². The molecule has 3 N–H and O–H groups in total. The van der Waals surface area contributed by atoms with E-state index in [0.29, 0.717) is 25.2 Å². The molecule has 2 unspecified atom stereocenters. The highest BCUT2D eigenvalue weighted by Crippen LogP contribution is 2.11. The van der Waals surface area contributed by atoms with Crippen molar-refractivity contribution in [3.8, 4) is 0 Å². The van der Waals surface area contributed by atoms with Crippen molar-refractivity contribution in [1.82, 2.24) is 4.90 Å². The minimum atomic E-state index is -0.970. The van der Waals surface area contributed by atoms with Gasteiger partial charge in [0.1, 0.15) is 0 Å². The van der Waals surface area contributed by atoms with E-state index >= 15 is 0 Å². The van der Waals surface area contributed by atoms with Gasteiger partial charge in [-0.05, 0) is 6.92 Å². The Hall–Kier alpha value is -0.910. The number of aliphatic carboxylic acids is 1. The molecule has 0 radical (unpaired) electrons. The van der Waals surface area contributed by atoms with Gasteiger partial charge in [0.25, 0.3) is 0 Å². The first kappa shape index (κ1) is 11.2. The maximum Gasteiger partial charge on any atom is 0.328 e. The zero-order chi connectivity index (χ0) is 10.7. The summed E-state index contributed by atoms with van der Waals surface area (Å²) in [6.07, 6.45) is -0.294. The number of β-amino-alcohol motifs (C(OH)–C–C–N with tert-alkyl or cyclic N) is 2. The molecule has 0 aromatic rings. The van der Waals surface area contributed by atoms with Gasteiger partial charge in [-0.3, -0.25) is 4.90 Å². The van der Waals surface area contributed by atoms with Crippen LogP contribution in [-0.2, 0) is 4.79 Å². The van der Waals surface area contributed by atoms with Crippen LogP contribution in [0.1, 0.15) is 6.92 Å². The molecule has 0 aliphatic carbocycles. The molecule has 0 amide bonds. The summed E-state index contributed by atoms with van der Waals surface area (Å²) in [6, 6.07) is 0. The van der Waals surface area contributed by atoms with Gasteiger partial charge in [-0.25, -0.2) is 4.79 Å². The Morgan fingerprint density at radius 3 is 2.36 bits per heavy atom. The number of carboxylic acid groups (broad SMARTS) is 1. The van der Waals surface area contributed by atoms with Crippen molar-refractivity contribution in [3.05, 3.63) is 11.6 Å². The lowest BCUT2D eigenvalue weighted by Gasteiger charge is -2.14. The molecular weight excluding hydrogens is 186 g/mol. The summed E-state index contributed by atoms with van der Waals surface area (Å²) in [6.45, 7) is 2.98. The van der Waals surface area contributed by atoms with E-state index in [4.69, 9.17) is 5.11 Å². The van der Waals surface area contributed by atoms with E-state index < -0.39 is 18.2 Å². The molecule has 1 fully saturated rings. The summed E-state index contributed by atoms with van der Waals surface area (Å²) >= 11 is 0. The van der Waals surface area contributed by atoms with Gasteiger partial charge in [0.05, 0.1) is 12.2 Å². The molecule has 5 nitrogen and oxygen atoms in total. The first-order valence-electron chi connectivity index (χ1n) is 4.47. The maximum absolute atomic E-state index is 10.3. The minimum absolute atomic E-state index is 0.395. The summed E-state index contributed by atoms with van der Waals surface area (Å²) in [7, 11) is 0. The Bertz CT molecular complexity index is 241. The molecule has 1 saturated heterocycles. The van der Waals surface area contributed by atoms with Gasteiger partial charge in [-0.15, -0.1) is 0 Å². The average molecular weight is 201 g/mol. The molecule has 0 aromatic carbocycles. The molecule has 14 heavy (non-hydrogen) atoms. The highest BCUT2D eigenvalue weighted by molar-refractivity contribution is 5.80. The smallest absolute Gasteiger partial charge is 0.328 e. The largest absolute Gasteiger partial charge is 0.478 e. The number of rotatable bonds is 3. The number of aliphatic hydroxyl groups is 2. The van der Waals surface area contributed by atoms with E-state index in [0.717, 1.165) is 6.08 Å². The van der Waals surface area contributed by atoms with E-state index in [9.17, 15) is 15.0 Å². The maximum atomic E-state index is 10.3. The van der Waals surface area contributed by atoms with Crippen molar-refractivity contribution >= 4 is 5.97 Å². The number of hydrogen-bond donors (Lipinski definition) is 3. The van der Waals surface area contributed by atoms with E-state index in [-0.39, 0.29) is 0 Å². The standard InChI is InChI=1S/C9H15NO4/c1-6(2-9(13)14)3-10-4-7(11)8(12)5-10/h2,7-8,11-12H,3-5H2,1H3,(H,13,14)/b6-2+. The summed E-state index contributed by atoms with van der Waals surface area (Å²) in [5.41, 5.74) is 0.707. The lowest BCUT2D eigenvalue weighted by Crippen LogP contribution is -2.24. The van der Waals surface area contributed by atoms with Crippen molar-refractivity contribution in [2.45, 2.75) is 19.1 Å². The molecular formula is C9H15NO4. The first-order valence-corrected chi connectivity index (χ1v) is 4.47. The third-order valence-corrected chi connectivity index (χ3v) is 2.18. The van der Waals surface area contributed by atoms with Gasteiger partial charge < -0.3 is 15.3 Å². The fourth-order valence-corrected chi connectivity index (χ4v) is 1.59. The molecule has 0 bridgehead atoms. The fraction of sp³-hybridized carbons (Fsp3) is 0.667. The van der Waals surface area contributed by atoms with Gasteiger partial charge in [-0.1, -0.05) is 5.57 Å². The number of carboxylic acids is 1. The zero-order valence-electron chi connectivity index (χ0n) is 8.05. The van der Waals surface area contributed by atoms with Crippen molar-refractivity contribution in [2.24, 2.45) is 0 Å². The van der Waals surface area contributed by atoms with E-state index in [1.807, 2.05) is 4.90 Å². The average Bonchev–Trinajstić information content (AvgIpc) is 2.28. The Kier molecular flexibility index (Phi) is 3.62. The van der Waals surface area contributed by atoms with Gasteiger partial charge in [-0.2, -0.15) is 0 Å². The van der Waals surface area contributed by atoms with Crippen LogP contribution < -0.4 is 0 Å². The minimum Gasteiger partial charge on any atom is -0.478 e. The van der Waals surface area contributed by atoms with Crippen LogP contribution in [0.3, 0.4) is 0 Å². The molecule has 5 heteroatoms. The Morgan fingerprint density at radius 2 is 1.93 bits per heavy atom. The highest BCUT2D eigenvalue weighted by atomic mass is 16.4. The second-order valence-corrected chi connectivity index (χ2v) is 3.66. The van der Waals surface area contributed by atoms with Gasteiger partial charge in [0, 0.05) is 25.7 Å². The number of hydrogen-bond acceptors (Lipinski definition) is 4. The summed E-state index contributed by atoms with van der Waals surface area (Å²) in [5.74, 6) is -0.970. The number of carbonyl (C=O) groups is 1.